The molecule has 1 fully saturated rings. The normalized spacial score (nSPS) is 15.0. The molecule has 2 rings (SSSR count). The molecule has 1 heterocycles. The van der Waals surface area contributed by atoms with E-state index in [1.54, 1.807) is 29.2 Å². The minimum Gasteiger partial charge on any atom is -0.320 e. The number of carbonyl (C=O) groups is 1. The average molecular weight is 348 g/mol. The quantitative estimate of drug-likeness (QED) is 0.725. The minimum atomic E-state index is -3.48. The lowest BCUT2D eigenvalue weighted by atomic mass is 10.3. The van der Waals surface area contributed by atoms with Crippen molar-refractivity contribution in [3.63, 3.8) is 0 Å². The second-order valence-corrected chi connectivity index (χ2v) is 6.76. The van der Waals surface area contributed by atoms with Crippen LogP contribution in [0.5, 0.6) is 0 Å². The fraction of sp³-hybridized carbons (Fsp3) is 0.500. The van der Waals surface area contributed by atoms with Gasteiger partial charge in [-0.1, -0.05) is 0 Å². The maximum atomic E-state index is 12.1. The minimum absolute atomic E-state index is 0. The fourth-order valence-corrected chi connectivity index (χ4v) is 3.36. The highest BCUT2D eigenvalue weighted by molar-refractivity contribution is 7.89. The van der Waals surface area contributed by atoms with Crippen molar-refractivity contribution in [3.8, 4) is 0 Å². The Labute approximate surface area is 137 Å². The molecule has 1 amide bonds. The van der Waals surface area contributed by atoms with Crippen LogP contribution < -0.4 is 14.9 Å². The van der Waals surface area contributed by atoms with Crippen LogP contribution in [0.2, 0.25) is 0 Å². The molecule has 0 bridgehead atoms. The number of anilines is 1. The summed E-state index contributed by atoms with van der Waals surface area (Å²) in [5.74, 6) is 0.0933. The van der Waals surface area contributed by atoms with Gasteiger partial charge in [-0.05, 0) is 50.7 Å². The first-order valence-corrected chi connectivity index (χ1v) is 8.57. The van der Waals surface area contributed by atoms with Gasteiger partial charge >= 0.3 is 0 Å². The van der Waals surface area contributed by atoms with Crippen molar-refractivity contribution in [2.75, 3.05) is 31.6 Å². The molecule has 22 heavy (non-hydrogen) atoms. The summed E-state index contributed by atoms with van der Waals surface area (Å²) >= 11 is 0. The van der Waals surface area contributed by atoms with Crippen molar-refractivity contribution in [3.05, 3.63) is 24.3 Å². The summed E-state index contributed by atoms with van der Waals surface area (Å²) in [7, 11) is -1.65. The van der Waals surface area contributed by atoms with Gasteiger partial charge in [-0.2, -0.15) is 0 Å². The molecule has 0 spiro atoms. The molecule has 0 unspecified atom stereocenters. The highest BCUT2D eigenvalue weighted by Gasteiger charge is 2.22. The monoisotopic (exact) mass is 347 g/mol. The van der Waals surface area contributed by atoms with Crippen LogP contribution >= 0.6 is 12.4 Å². The summed E-state index contributed by atoms with van der Waals surface area (Å²) in [5, 5.41) is 2.96. The Balaban J connectivity index is 0.00000242. The predicted molar refractivity (Wildman–Crippen MR) is 89.0 cm³/mol. The van der Waals surface area contributed by atoms with Crippen molar-refractivity contribution in [2.24, 2.45) is 0 Å². The third-order valence-electron chi connectivity index (χ3n) is 3.43. The Kier molecular flexibility index (Phi) is 7.28. The highest BCUT2D eigenvalue weighted by atomic mass is 35.5. The van der Waals surface area contributed by atoms with Crippen LogP contribution in [0.1, 0.15) is 19.3 Å². The largest absolute Gasteiger partial charge is 0.320 e. The maximum Gasteiger partial charge on any atom is 0.240 e. The highest BCUT2D eigenvalue weighted by Crippen LogP contribution is 2.22. The molecule has 1 aliphatic rings. The number of halogens is 1. The van der Waals surface area contributed by atoms with Gasteiger partial charge in [0.1, 0.15) is 0 Å². The van der Waals surface area contributed by atoms with Crippen LogP contribution in [-0.2, 0) is 14.8 Å². The van der Waals surface area contributed by atoms with Crippen molar-refractivity contribution < 1.29 is 13.2 Å². The van der Waals surface area contributed by atoms with Gasteiger partial charge < -0.3 is 10.2 Å². The van der Waals surface area contributed by atoms with E-state index in [-0.39, 0.29) is 23.2 Å². The second kappa shape index (κ2) is 8.47. The number of sulfonamides is 1. The molecule has 6 nitrogen and oxygen atoms in total. The van der Waals surface area contributed by atoms with Crippen molar-refractivity contribution >= 4 is 34.0 Å². The first kappa shape index (κ1) is 18.9. The van der Waals surface area contributed by atoms with E-state index in [0.29, 0.717) is 19.5 Å². The molecule has 0 aliphatic carbocycles. The molecular weight excluding hydrogens is 326 g/mol. The third-order valence-corrected chi connectivity index (χ3v) is 4.90. The zero-order valence-electron chi connectivity index (χ0n) is 12.5. The van der Waals surface area contributed by atoms with Crippen LogP contribution in [0.4, 0.5) is 5.69 Å². The summed E-state index contributed by atoms with van der Waals surface area (Å²) in [4.78, 5) is 13.6. The van der Waals surface area contributed by atoms with E-state index < -0.39 is 10.0 Å². The van der Waals surface area contributed by atoms with Crippen LogP contribution in [0, 0.1) is 0 Å². The number of hydrogen-bond acceptors (Lipinski definition) is 4. The van der Waals surface area contributed by atoms with Gasteiger partial charge in [-0.15, -0.1) is 12.4 Å². The molecule has 0 radical (unpaired) electrons. The predicted octanol–water partition coefficient (Wildman–Crippen LogP) is 1.12. The smallest absolute Gasteiger partial charge is 0.240 e. The van der Waals surface area contributed by atoms with Gasteiger partial charge in [0.15, 0.2) is 0 Å². The summed E-state index contributed by atoms with van der Waals surface area (Å²) in [6.45, 7) is 1.86. The Morgan fingerprint density at radius 3 is 2.41 bits per heavy atom. The number of nitrogens with one attached hydrogen (secondary N) is 2. The first-order chi connectivity index (χ1) is 10.0. The van der Waals surface area contributed by atoms with Crippen molar-refractivity contribution in [2.45, 2.75) is 24.2 Å². The molecule has 8 heteroatoms. The second-order valence-electron chi connectivity index (χ2n) is 5.00. The lowest BCUT2D eigenvalue weighted by Gasteiger charge is -2.16. The van der Waals surface area contributed by atoms with Gasteiger partial charge in [0.2, 0.25) is 15.9 Å². The Morgan fingerprint density at radius 2 is 1.86 bits per heavy atom. The number of hydrogen-bond donors (Lipinski definition) is 2. The molecule has 0 aromatic heterocycles. The summed E-state index contributed by atoms with van der Waals surface area (Å²) in [6, 6.07) is 6.46. The third kappa shape index (κ3) is 4.67. The SMILES string of the molecule is CNCCCNS(=O)(=O)c1ccc(N2CCCC2=O)cc1.Cl. The van der Waals surface area contributed by atoms with E-state index >= 15 is 0 Å². The number of benzene rings is 1. The van der Waals surface area contributed by atoms with Gasteiger partial charge in [0.05, 0.1) is 4.90 Å². The number of carbonyl (C=O) groups excluding carboxylic acids is 1. The van der Waals surface area contributed by atoms with Gasteiger partial charge in [0, 0.05) is 25.2 Å². The van der Waals surface area contributed by atoms with E-state index in [4.69, 9.17) is 0 Å². The van der Waals surface area contributed by atoms with E-state index in [2.05, 4.69) is 10.0 Å². The van der Waals surface area contributed by atoms with Gasteiger partial charge in [0.25, 0.3) is 0 Å². The zero-order valence-corrected chi connectivity index (χ0v) is 14.2. The Morgan fingerprint density at radius 1 is 1.18 bits per heavy atom. The van der Waals surface area contributed by atoms with Crippen LogP contribution in [0.25, 0.3) is 0 Å². The summed E-state index contributed by atoms with van der Waals surface area (Å²) < 4.78 is 26.7. The fourth-order valence-electron chi connectivity index (χ4n) is 2.28. The molecule has 1 aromatic rings. The molecule has 0 atom stereocenters. The van der Waals surface area contributed by atoms with Gasteiger partial charge in [-0.3, -0.25) is 4.79 Å². The molecule has 1 aromatic carbocycles. The van der Waals surface area contributed by atoms with E-state index in [0.717, 1.165) is 25.1 Å². The van der Waals surface area contributed by atoms with Crippen LogP contribution in [0.15, 0.2) is 29.2 Å². The van der Waals surface area contributed by atoms with E-state index in [1.807, 2.05) is 7.05 Å². The summed E-state index contributed by atoms with van der Waals surface area (Å²) in [6.07, 6.45) is 2.15. The molecule has 124 valence electrons. The maximum absolute atomic E-state index is 12.1. The molecule has 2 N–H and O–H groups in total. The Hall–Kier alpha value is -1.15. The van der Waals surface area contributed by atoms with Crippen molar-refractivity contribution in [1.29, 1.82) is 0 Å². The molecule has 1 saturated heterocycles. The van der Waals surface area contributed by atoms with Crippen molar-refractivity contribution in [1.82, 2.24) is 10.0 Å². The number of amides is 1. The molecule has 0 saturated carbocycles. The first-order valence-electron chi connectivity index (χ1n) is 7.09. The van der Waals surface area contributed by atoms with E-state index in [1.165, 1.54) is 0 Å². The standard InChI is InChI=1S/C14H21N3O3S.ClH/c1-15-9-3-10-16-21(19,20)13-7-5-12(6-8-13)17-11-2-4-14(17)18;/h5-8,15-16H,2-4,9-11H2,1H3;1H. The lowest BCUT2D eigenvalue weighted by Crippen LogP contribution is -2.27. The topological polar surface area (TPSA) is 78.5 Å². The number of rotatable bonds is 7. The van der Waals surface area contributed by atoms with Crippen LogP contribution in [-0.4, -0.2) is 41.0 Å². The molecule has 1 aliphatic heterocycles. The van der Waals surface area contributed by atoms with E-state index in [9.17, 15) is 13.2 Å². The zero-order chi connectivity index (χ0) is 15.3. The van der Waals surface area contributed by atoms with Gasteiger partial charge in [-0.25, -0.2) is 13.1 Å². The Bertz CT molecular complexity index is 590. The van der Waals surface area contributed by atoms with Crippen LogP contribution in [0.3, 0.4) is 0 Å². The molecular formula is C14H22ClN3O3S. The number of nitrogens with zero attached hydrogens (tertiary/aromatic N) is 1. The average Bonchev–Trinajstić information content (AvgIpc) is 2.90. The summed E-state index contributed by atoms with van der Waals surface area (Å²) in [5.41, 5.74) is 0.756. The lowest BCUT2D eigenvalue weighted by molar-refractivity contribution is -0.117.